The first-order valence-corrected chi connectivity index (χ1v) is 13.3. The Bertz CT molecular complexity index is 1400. The molecule has 0 aliphatic carbocycles. The van der Waals surface area contributed by atoms with Crippen LogP contribution in [0.3, 0.4) is 0 Å². The van der Waals surface area contributed by atoms with Gasteiger partial charge in [-0.25, -0.2) is 9.78 Å². The summed E-state index contributed by atoms with van der Waals surface area (Å²) < 4.78 is 38.7. The largest absolute Gasteiger partial charge is 0.493 e. The number of benzene rings is 2. The topological polar surface area (TPSA) is 141 Å². The number of hydrogen-bond donors (Lipinski definition) is 1. The number of carbonyl (C=O) groups is 3. The smallest absolute Gasteiger partial charge is 0.328 e. The molecule has 12 nitrogen and oxygen atoms in total. The average molecular weight is 597 g/mol. The van der Waals surface area contributed by atoms with E-state index in [-0.39, 0.29) is 17.2 Å². The van der Waals surface area contributed by atoms with Crippen LogP contribution >= 0.6 is 0 Å². The zero-order valence-corrected chi connectivity index (χ0v) is 25.4. The number of amides is 1. The number of nitrogens with one attached hydrogen (secondary N) is 1. The SMILES string of the molecule is COc1cccc(C(c2cccc(OC)c2OC)C(C)OC(=O)[C@H](C)NC(=O)c2nccc(OC)c2OC(C)=O)c1OC. The van der Waals surface area contributed by atoms with Crippen molar-refractivity contribution in [2.45, 2.75) is 38.8 Å². The molecule has 2 atom stereocenters. The molecule has 2 aromatic carbocycles. The van der Waals surface area contributed by atoms with Crippen LogP contribution in [0.4, 0.5) is 0 Å². The number of methoxy groups -OCH3 is 5. The first-order chi connectivity index (χ1) is 20.6. The van der Waals surface area contributed by atoms with Gasteiger partial charge >= 0.3 is 11.9 Å². The maximum Gasteiger partial charge on any atom is 0.328 e. The first kappa shape index (κ1) is 32.5. The predicted molar refractivity (Wildman–Crippen MR) is 156 cm³/mol. The monoisotopic (exact) mass is 596 g/mol. The lowest BCUT2D eigenvalue weighted by Crippen LogP contribution is -2.41. The molecule has 1 aromatic heterocycles. The Labute approximate surface area is 250 Å². The highest BCUT2D eigenvalue weighted by Gasteiger charge is 2.33. The molecule has 1 heterocycles. The van der Waals surface area contributed by atoms with E-state index in [0.717, 1.165) is 0 Å². The number of nitrogens with zero attached hydrogens (tertiary/aromatic N) is 1. The fraction of sp³-hybridized carbons (Fsp3) is 0.355. The summed E-state index contributed by atoms with van der Waals surface area (Å²) in [5.74, 6) is -0.954. The van der Waals surface area contributed by atoms with Gasteiger partial charge in [0, 0.05) is 30.3 Å². The van der Waals surface area contributed by atoms with Gasteiger partial charge in [-0.3, -0.25) is 9.59 Å². The minimum absolute atomic E-state index is 0.126. The molecular weight excluding hydrogens is 560 g/mol. The van der Waals surface area contributed by atoms with Gasteiger partial charge in [-0.05, 0) is 26.0 Å². The molecule has 0 radical (unpaired) electrons. The Morgan fingerprint density at radius 2 is 1.23 bits per heavy atom. The van der Waals surface area contributed by atoms with Crippen LogP contribution in [0.2, 0.25) is 0 Å². The molecule has 0 aliphatic heterocycles. The third-order valence-corrected chi connectivity index (χ3v) is 6.56. The van der Waals surface area contributed by atoms with Gasteiger partial charge in [0.05, 0.1) is 41.5 Å². The Balaban J connectivity index is 1.96. The van der Waals surface area contributed by atoms with Gasteiger partial charge in [0.1, 0.15) is 12.1 Å². The fourth-order valence-electron chi connectivity index (χ4n) is 4.66. The summed E-state index contributed by atoms with van der Waals surface area (Å²) in [7, 11) is 7.45. The molecule has 0 saturated heterocycles. The van der Waals surface area contributed by atoms with Crippen LogP contribution in [0.15, 0.2) is 48.7 Å². The van der Waals surface area contributed by atoms with Crippen LogP contribution < -0.4 is 33.7 Å². The highest BCUT2D eigenvalue weighted by atomic mass is 16.6. The summed E-state index contributed by atoms with van der Waals surface area (Å²) in [5, 5.41) is 2.55. The lowest BCUT2D eigenvalue weighted by atomic mass is 9.85. The highest BCUT2D eigenvalue weighted by molar-refractivity contribution is 5.98. The Hall–Kier alpha value is -5.00. The van der Waals surface area contributed by atoms with Crippen molar-refractivity contribution in [3.63, 3.8) is 0 Å². The summed E-state index contributed by atoms with van der Waals surface area (Å²) >= 11 is 0. The summed E-state index contributed by atoms with van der Waals surface area (Å²) in [6.45, 7) is 4.36. The zero-order chi connectivity index (χ0) is 31.7. The van der Waals surface area contributed by atoms with Gasteiger partial charge in [-0.15, -0.1) is 0 Å². The van der Waals surface area contributed by atoms with Crippen LogP contribution in [-0.2, 0) is 14.3 Å². The van der Waals surface area contributed by atoms with Crippen molar-refractivity contribution in [2.75, 3.05) is 35.5 Å². The second-order valence-corrected chi connectivity index (χ2v) is 9.26. The number of para-hydroxylation sites is 2. The van der Waals surface area contributed by atoms with E-state index >= 15 is 0 Å². The van der Waals surface area contributed by atoms with Crippen LogP contribution in [0.1, 0.15) is 48.3 Å². The van der Waals surface area contributed by atoms with Crippen LogP contribution in [0.25, 0.3) is 0 Å². The van der Waals surface area contributed by atoms with Crippen LogP contribution in [0.5, 0.6) is 34.5 Å². The van der Waals surface area contributed by atoms with Crippen LogP contribution in [0, 0.1) is 0 Å². The lowest BCUT2D eigenvalue weighted by molar-refractivity contribution is -0.150. The van der Waals surface area contributed by atoms with Crippen molar-refractivity contribution in [1.29, 1.82) is 0 Å². The van der Waals surface area contributed by atoms with Crippen molar-refractivity contribution in [3.8, 4) is 34.5 Å². The number of carbonyl (C=O) groups excluding carboxylic acids is 3. The van der Waals surface area contributed by atoms with E-state index < -0.39 is 35.9 Å². The van der Waals surface area contributed by atoms with E-state index in [2.05, 4.69) is 10.3 Å². The molecule has 0 fully saturated rings. The quantitative estimate of drug-likeness (QED) is 0.287. The maximum absolute atomic E-state index is 13.3. The molecule has 0 aliphatic rings. The van der Waals surface area contributed by atoms with Crippen molar-refractivity contribution in [1.82, 2.24) is 10.3 Å². The van der Waals surface area contributed by atoms with Gasteiger partial charge in [-0.1, -0.05) is 24.3 Å². The molecule has 1 N–H and O–H groups in total. The average Bonchev–Trinajstić information content (AvgIpc) is 3.00. The molecule has 0 saturated carbocycles. The molecule has 230 valence electrons. The normalized spacial score (nSPS) is 12.0. The molecule has 0 spiro atoms. The van der Waals surface area contributed by atoms with Crippen molar-refractivity contribution in [3.05, 3.63) is 65.5 Å². The number of esters is 2. The van der Waals surface area contributed by atoms with E-state index in [1.165, 1.54) is 61.7 Å². The van der Waals surface area contributed by atoms with Crippen molar-refractivity contribution >= 4 is 17.8 Å². The molecule has 43 heavy (non-hydrogen) atoms. The molecule has 0 bridgehead atoms. The van der Waals surface area contributed by atoms with Gasteiger partial charge < -0.3 is 38.5 Å². The third-order valence-electron chi connectivity index (χ3n) is 6.56. The van der Waals surface area contributed by atoms with E-state index in [0.29, 0.717) is 34.1 Å². The number of ether oxygens (including phenoxy) is 7. The molecule has 12 heteroatoms. The van der Waals surface area contributed by atoms with Crippen molar-refractivity contribution in [2.24, 2.45) is 0 Å². The predicted octanol–water partition coefficient (Wildman–Crippen LogP) is 3.93. The summed E-state index contributed by atoms with van der Waals surface area (Å²) in [6.07, 6.45) is 0.514. The summed E-state index contributed by atoms with van der Waals surface area (Å²) in [6, 6.07) is 11.1. The first-order valence-electron chi connectivity index (χ1n) is 13.3. The minimum atomic E-state index is -1.12. The van der Waals surface area contributed by atoms with Gasteiger partial charge in [0.15, 0.2) is 34.4 Å². The lowest BCUT2D eigenvalue weighted by Gasteiger charge is -2.29. The second-order valence-electron chi connectivity index (χ2n) is 9.26. The van der Waals surface area contributed by atoms with E-state index in [1.807, 2.05) is 12.1 Å². The Morgan fingerprint density at radius 3 is 1.70 bits per heavy atom. The number of aromatic nitrogens is 1. The molecule has 1 unspecified atom stereocenters. The zero-order valence-electron chi connectivity index (χ0n) is 25.4. The van der Waals surface area contributed by atoms with E-state index in [4.69, 9.17) is 33.2 Å². The van der Waals surface area contributed by atoms with E-state index in [1.54, 1.807) is 31.2 Å². The Kier molecular flexibility index (Phi) is 11.2. The molecule has 3 rings (SSSR count). The summed E-state index contributed by atoms with van der Waals surface area (Å²) in [5.41, 5.74) is 1.09. The van der Waals surface area contributed by atoms with Gasteiger partial charge in [0.2, 0.25) is 5.75 Å². The number of hydrogen-bond acceptors (Lipinski definition) is 11. The molecule has 3 aromatic rings. The summed E-state index contributed by atoms with van der Waals surface area (Å²) in [4.78, 5) is 42.1. The fourth-order valence-corrected chi connectivity index (χ4v) is 4.66. The van der Waals surface area contributed by atoms with Gasteiger partial charge in [-0.2, -0.15) is 0 Å². The number of pyridine rings is 1. The second kappa shape index (κ2) is 14.8. The van der Waals surface area contributed by atoms with E-state index in [9.17, 15) is 14.4 Å². The number of rotatable bonds is 13. The maximum atomic E-state index is 13.3. The van der Waals surface area contributed by atoms with Gasteiger partial charge in [0.25, 0.3) is 5.91 Å². The third kappa shape index (κ3) is 7.26. The highest BCUT2D eigenvalue weighted by Crippen LogP contribution is 2.45. The standard InChI is InChI=1S/C31H36N2O10/c1-17(33-30(35)26-29(43-19(3)34)24(39-6)15-16-32-26)31(36)42-18(2)25(20-11-9-13-22(37-4)27(20)40-7)21-12-10-14-23(38-5)28(21)41-8/h9-18,25H,1-8H3,(H,33,35)/t17-,18?/m0/s1. The Morgan fingerprint density at radius 1 is 0.721 bits per heavy atom. The van der Waals surface area contributed by atoms with Crippen LogP contribution in [-0.4, -0.2) is 70.5 Å². The minimum Gasteiger partial charge on any atom is -0.493 e. The molecular formula is C31H36N2O10. The molecule has 1 amide bonds. The van der Waals surface area contributed by atoms with Crippen molar-refractivity contribution < 1.29 is 47.5 Å².